The molecule has 5 rings (SSSR count). The van der Waals surface area contributed by atoms with Crippen molar-refractivity contribution in [2.45, 2.75) is 11.3 Å². The largest absolute Gasteiger partial charge is 0.339 e. The van der Waals surface area contributed by atoms with Crippen LogP contribution in [0.5, 0.6) is 0 Å². The van der Waals surface area contributed by atoms with Gasteiger partial charge in [-0.3, -0.25) is 19.6 Å². The van der Waals surface area contributed by atoms with Gasteiger partial charge in [0.2, 0.25) is 0 Å². The fourth-order valence-electron chi connectivity index (χ4n) is 3.90. The molecule has 0 fully saturated rings. The molecule has 0 aliphatic carbocycles. The second-order valence-corrected chi connectivity index (χ2v) is 8.83. The fourth-order valence-corrected chi connectivity index (χ4v) is 5.00. The van der Waals surface area contributed by atoms with Gasteiger partial charge in [0.1, 0.15) is 0 Å². The number of para-hydroxylation sites is 3. The second-order valence-electron chi connectivity index (χ2n) is 7.14. The minimum atomic E-state index is -3.97. The molecule has 0 atom stereocenters. The van der Waals surface area contributed by atoms with Gasteiger partial charge in [-0.05, 0) is 48.4 Å². The summed E-state index contributed by atoms with van der Waals surface area (Å²) in [5, 5.41) is 2.17. The molecule has 0 aromatic heterocycles. The number of carbonyl (C=O) groups excluding carboxylic acids is 2. The number of hydrogen-bond acceptors (Lipinski definition) is 5. The van der Waals surface area contributed by atoms with E-state index in [4.69, 9.17) is 0 Å². The Bertz CT molecular complexity index is 1320. The third-order valence-corrected chi connectivity index (χ3v) is 6.71. The van der Waals surface area contributed by atoms with E-state index < -0.39 is 21.8 Å². The van der Waals surface area contributed by atoms with Gasteiger partial charge in [-0.1, -0.05) is 30.3 Å². The van der Waals surface area contributed by atoms with E-state index in [0.717, 1.165) is 24.3 Å². The van der Waals surface area contributed by atoms with Gasteiger partial charge < -0.3 is 4.90 Å². The summed E-state index contributed by atoms with van der Waals surface area (Å²) < 4.78 is 28.8. The molecule has 3 aromatic carbocycles. The number of benzene rings is 3. The quantitative estimate of drug-likeness (QED) is 0.634. The lowest BCUT2D eigenvalue weighted by Crippen LogP contribution is -2.20. The normalized spacial score (nSPS) is 15.0. The zero-order valence-electron chi connectivity index (χ0n) is 15.8. The molecule has 2 heterocycles. The molecule has 0 saturated carbocycles. The maximum Gasteiger partial charge on any atom is 0.261 e. The number of fused-ring (bicyclic) bond motifs is 2. The van der Waals surface area contributed by atoms with Crippen molar-refractivity contribution in [2.24, 2.45) is 0 Å². The number of nitrogens with one attached hydrogen (secondary N) is 2. The Morgan fingerprint density at radius 2 is 1.53 bits per heavy atom. The Balaban J connectivity index is 1.51. The summed E-state index contributed by atoms with van der Waals surface area (Å²) in [4.78, 5) is 25.6. The molecule has 0 unspecified atom stereocenters. The third-order valence-electron chi connectivity index (χ3n) is 5.34. The minimum Gasteiger partial charge on any atom is -0.339 e. The summed E-state index contributed by atoms with van der Waals surface area (Å²) in [6, 6.07) is 19.1. The summed E-state index contributed by atoms with van der Waals surface area (Å²) in [5.41, 5.74) is 3.69. The molecule has 3 aromatic rings. The Hall–Kier alpha value is -3.65. The topological polar surface area (TPSA) is 95.6 Å². The van der Waals surface area contributed by atoms with Crippen molar-refractivity contribution in [3.63, 3.8) is 0 Å². The lowest BCUT2D eigenvalue weighted by molar-refractivity contribution is 0.0879. The molecule has 0 bridgehead atoms. The van der Waals surface area contributed by atoms with Gasteiger partial charge >= 0.3 is 0 Å². The lowest BCUT2D eigenvalue weighted by atomic mass is 10.1. The summed E-state index contributed by atoms with van der Waals surface area (Å²) in [7, 11) is -3.97. The second kappa shape index (κ2) is 6.70. The Labute approximate surface area is 173 Å². The van der Waals surface area contributed by atoms with E-state index in [9.17, 15) is 18.0 Å². The van der Waals surface area contributed by atoms with E-state index in [1.165, 1.54) is 23.8 Å². The Kier molecular flexibility index (Phi) is 4.11. The molecule has 8 heteroatoms. The first-order chi connectivity index (χ1) is 14.4. The molecule has 150 valence electrons. The maximum absolute atomic E-state index is 13.1. The van der Waals surface area contributed by atoms with Crippen molar-refractivity contribution in [1.82, 2.24) is 5.32 Å². The molecule has 30 heavy (non-hydrogen) atoms. The van der Waals surface area contributed by atoms with Crippen molar-refractivity contribution >= 4 is 38.9 Å². The van der Waals surface area contributed by atoms with E-state index in [1.807, 2.05) is 30.3 Å². The number of anilines is 3. The van der Waals surface area contributed by atoms with Crippen molar-refractivity contribution in [3.8, 4) is 0 Å². The van der Waals surface area contributed by atoms with Crippen LogP contribution < -0.4 is 14.9 Å². The van der Waals surface area contributed by atoms with Crippen LogP contribution in [-0.4, -0.2) is 26.8 Å². The van der Waals surface area contributed by atoms with Gasteiger partial charge in [0.25, 0.3) is 21.8 Å². The zero-order valence-corrected chi connectivity index (χ0v) is 16.6. The van der Waals surface area contributed by atoms with Crippen molar-refractivity contribution in [1.29, 1.82) is 0 Å². The van der Waals surface area contributed by atoms with Gasteiger partial charge in [0.05, 0.1) is 27.4 Å². The standard InChI is InChI=1S/C22H17N3O4S/c26-21-16-10-9-15(13-17(16)22(27)23-21)30(28,29)24-18-6-2-4-8-20(18)25-12-11-14-5-1-3-7-19(14)25/h1-10,13,24H,11-12H2,(H,23,26,27). The maximum atomic E-state index is 13.1. The minimum absolute atomic E-state index is 0.0598. The smallest absolute Gasteiger partial charge is 0.261 e. The average Bonchev–Trinajstić information content (AvgIpc) is 3.29. The number of nitrogens with zero attached hydrogens (tertiary/aromatic N) is 1. The molecule has 2 amide bonds. The summed E-state index contributed by atoms with van der Waals surface area (Å²) in [6.45, 7) is 0.749. The monoisotopic (exact) mass is 419 g/mol. The first-order valence-corrected chi connectivity index (χ1v) is 10.9. The highest BCUT2D eigenvalue weighted by molar-refractivity contribution is 7.92. The van der Waals surface area contributed by atoms with E-state index in [1.54, 1.807) is 12.1 Å². The van der Waals surface area contributed by atoms with Crippen LogP contribution in [0.2, 0.25) is 0 Å². The van der Waals surface area contributed by atoms with Gasteiger partial charge in [0, 0.05) is 12.2 Å². The van der Waals surface area contributed by atoms with Gasteiger partial charge in [-0.25, -0.2) is 8.42 Å². The molecule has 2 aliphatic rings. The van der Waals surface area contributed by atoms with Crippen LogP contribution >= 0.6 is 0 Å². The first-order valence-electron chi connectivity index (χ1n) is 9.41. The molecular formula is C22H17N3O4S. The average molecular weight is 419 g/mol. The first kappa shape index (κ1) is 18.4. The van der Waals surface area contributed by atoms with E-state index in [2.05, 4.69) is 21.0 Å². The van der Waals surface area contributed by atoms with Crippen LogP contribution in [0.15, 0.2) is 71.6 Å². The predicted molar refractivity (Wildman–Crippen MR) is 113 cm³/mol. The van der Waals surface area contributed by atoms with Crippen molar-refractivity contribution in [2.75, 3.05) is 16.2 Å². The molecule has 7 nitrogen and oxygen atoms in total. The van der Waals surface area contributed by atoms with Crippen LogP contribution in [0.3, 0.4) is 0 Å². The van der Waals surface area contributed by atoms with Crippen LogP contribution in [0.25, 0.3) is 0 Å². The summed E-state index contributed by atoms with van der Waals surface area (Å²) in [5.74, 6) is -1.12. The Morgan fingerprint density at radius 3 is 2.37 bits per heavy atom. The summed E-state index contributed by atoms with van der Waals surface area (Å²) >= 11 is 0. The van der Waals surface area contributed by atoms with Crippen LogP contribution in [0, 0.1) is 0 Å². The number of amides is 2. The zero-order chi connectivity index (χ0) is 20.9. The third kappa shape index (κ3) is 2.93. The molecule has 2 aliphatic heterocycles. The van der Waals surface area contributed by atoms with E-state index >= 15 is 0 Å². The van der Waals surface area contributed by atoms with Crippen LogP contribution in [-0.2, 0) is 16.4 Å². The molecule has 0 radical (unpaired) electrons. The highest BCUT2D eigenvalue weighted by atomic mass is 32.2. The van der Waals surface area contributed by atoms with Gasteiger partial charge in [-0.2, -0.15) is 0 Å². The van der Waals surface area contributed by atoms with E-state index in [0.29, 0.717) is 5.69 Å². The van der Waals surface area contributed by atoms with Crippen LogP contribution in [0.4, 0.5) is 17.1 Å². The number of sulfonamides is 1. The van der Waals surface area contributed by atoms with Crippen molar-refractivity contribution in [3.05, 3.63) is 83.4 Å². The molecule has 2 N–H and O–H groups in total. The van der Waals surface area contributed by atoms with Crippen LogP contribution in [0.1, 0.15) is 26.3 Å². The lowest BCUT2D eigenvalue weighted by Gasteiger charge is -2.23. The van der Waals surface area contributed by atoms with E-state index in [-0.39, 0.29) is 16.0 Å². The fraction of sp³-hybridized carbons (Fsp3) is 0.0909. The number of hydrogen-bond donors (Lipinski definition) is 2. The molecule has 0 spiro atoms. The predicted octanol–water partition coefficient (Wildman–Crippen LogP) is 3.07. The number of carbonyl (C=O) groups is 2. The highest BCUT2D eigenvalue weighted by Gasteiger charge is 2.29. The highest BCUT2D eigenvalue weighted by Crippen LogP contribution is 2.38. The van der Waals surface area contributed by atoms with Crippen molar-refractivity contribution < 1.29 is 18.0 Å². The number of imide groups is 1. The number of rotatable bonds is 4. The van der Waals surface area contributed by atoms with Gasteiger partial charge in [0.15, 0.2) is 0 Å². The Morgan fingerprint density at radius 1 is 0.833 bits per heavy atom. The summed E-state index contributed by atoms with van der Waals surface area (Å²) in [6.07, 6.45) is 0.880. The van der Waals surface area contributed by atoms with Gasteiger partial charge in [-0.15, -0.1) is 0 Å². The molecular weight excluding hydrogens is 402 g/mol. The SMILES string of the molecule is O=C1NC(=O)c2cc(S(=O)(=O)Nc3ccccc3N3CCc4ccccc43)ccc21. The molecule has 0 saturated heterocycles.